The summed E-state index contributed by atoms with van der Waals surface area (Å²) >= 11 is 2.98. The number of ether oxygens (including phenoxy) is 1. The Morgan fingerprint density at radius 1 is 1.40 bits per heavy atom. The van der Waals surface area contributed by atoms with Crippen LogP contribution in [0.3, 0.4) is 0 Å². The molecule has 1 aromatic carbocycles. The van der Waals surface area contributed by atoms with Gasteiger partial charge in [0.1, 0.15) is 0 Å². The fourth-order valence-corrected chi connectivity index (χ4v) is 1.72. The van der Waals surface area contributed by atoms with E-state index in [1.54, 1.807) is 0 Å². The normalized spacial score (nSPS) is 10.5. The Labute approximate surface area is 95.0 Å². The smallest absolute Gasteiger partial charge is 0.191 e. The summed E-state index contributed by atoms with van der Waals surface area (Å²) < 4.78 is 31.7. The fourth-order valence-electron chi connectivity index (χ4n) is 1.26. The third-order valence-corrected chi connectivity index (χ3v) is 2.58. The second-order valence-corrected chi connectivity index (χ2v) is 3.86. The van der Waals surface area contributed by atoms with Crippen LogP contribution < -0.4 is 4.74 Å². The topological polar surface area (TPSA) is 29.5 Å². The van der Waals surface area contributed by atoms with Crippen LogP contribution in [0, 0.1) is 11.6 Å². The monoisotopic (exact) mass is 280 g/mol. The van der Waals surface area contributed by atoms with Crippen LogP contribution in [0.2, 0.25) is 0 Å². The van der Waals surface area contributed by atoms with Crippen LogP contribution in [0.5, 0.6) is 5.75 Å². The van der Waals surface area contributed by atoms with E-state index in [0.29, 0.717) is 18.4 Å². The van der Waals surface area contributed by atoms with Gasteiger partial charge in [0, 0.05) is 6.61 Å². The van der Waals surface area contributed by atoms with Crippen molar-refractivity contribution in [1.29, 1.82) is 0 Å². The number of aliphatic hydroxyl groups excluding tert-OH is 1. The number of benzene rings is 1. The lowest BCUT2D eigenvalue weighted by atomic mass is 10.1. The minimum Gasteiger partial charge on any atom is -0.491 e. The van der Waals surface area contributed by atoms with Gasteiger partial charge in [-0.05, 0) is 40.4 Å². The molecule has 0 atom stereocenters. The van der Waals surface area contributed by atoms with Gasteiger partial charge in [0.05, 0.1) is 11.6 Å². The van der Waals surface area contributed by atoms with E-state index in [1.165, 1.54) is 13.2 Å². The molecule has 0 heterocycles. The Morgan fingerprint density at radius 2 is 2.07 bits per heavy atom. The first-order valence-corrected chi connectivity index (χ1v) is 5.22. The van der Waals surface area contributed by atoms with Crippen molar-refractivity contribution in [2.75, 3.05) is 13.7 Å². The molecular weight excluding hydrogens is 270 g/mol. The first-order chi connectivity index (χ1) is 7.11. The van der Waals surface area contributed by atoms with Crippen molar-refractivity contribution in [2.45, 2.75) is 12.8 Å². The van der Waals surface area contributed by atoms with Crippen molar-refractivity contribution < 1.29 is 18.6 Å². The Hall–Kier alpha value is -0.680. The molecule has 0 fully saturated rings. The van der Waals surface area contributed by atoms with E-state index in [1.807, 2.05) is 0 Å². The van der Waals surface area contributed by atoms with Gasteiger partial charge in [0.2, 0.25) is 0 Å². The second-order valence-electron chi connectivity index (χ2n) is 3.01. The molecule has 0 aliphatic rings. The van der Waals surface area contributed by atoms with Crippen LogP contribution in [-0.4, -0.2) is 18.8 Å². The summed E-state index contributed by atoms with van der Waals surface area (Å²) in [4.78, 5) is 0. The van der Waals surface area contributed by atoms with E-state index < -0.39 is 17.4 Å². The summed E-state index contributed by atoms with van der Waals surface area (Å²) in [5.74, 6) is -1.84. The Morgan fingerprint density at radius 3 is 2.60 bits per heavy atom. The van der Waals surface area contributed by atoms with Gasteiger partial charge in [0.15, 0.2) is 17.4 Å². The molecule has 0 amide bonds. The summed E-state index contributed by atoms with van der Waals surface area (Å²) in [5.41, 5.74) is 0.328. The van der Waals surface area contributed by atoms with Gasteiger partial charge in [-0.1, -0.05) is 0 Å². The van der Waals surface area contributed by atoms with Gasteiger partial charge in [-0.3, -0.25) is 0 Å². The van der Waals surface area contributed by atoms with E-state index in [9.17, 15) is 8.78 Å². The lowest BCUT2D eigenvalue weighted by Gasteiger charge is -2.09. The highest BCUT2D eigenvalue weighted by Gasteiger charge is 2.17. The molecular formula is C10H11BrF2O2. The molecule has 0 spiro atoms. The van der Waals surface area contributed by atoms with Crippen molar-refractivity contribution in [3.05, 3.63) is 27.7 Å². The third kappa shape index (κ3) is 2.66. The maximum Gasteiger partial charge on any atom is 0.191 e. The summed E-state index contributed by atoms with van der Waals surface area (Å²) in [7, 11) is 1.21. The zero-order chi connectivity index (χ0) is 11.4. The van der Waals surface area contributed by atoms with Crippen LogP contribution in [0.4, 0.5) is 8.78 Å². The quantitative estimate of drug-likeness (QED) is 0.860. The van der Waals surface area contributed by atoms with Gasteiger partial charge in [-0.2, -0.15) is 0 Å². The van der Waals surface area contributed by atoms with Crippen LogP contribution in [0.25, 0.3) is 0 Å². The number of rotatable bonds is 4. The van der Waals surface area contributed by atoms with E-state index in [2.05, 4.69) is 20.7 Å². The van der Waals surface area contributed by atoms with Crippen molar-refractivity contribution in [1.82, 2.24) is 0 Å². The molecule has 1 rings (SSSR count). The van der Waals surface area contributed by atoms with Crippen LogP contribution in [0.15, 0.2) is 10.5 Å². The van der Waals surface area contributed by atoms with E-state index >= 15 is 0 Å². The molecule has 0 aliphatic heterocycles. The molecule has 1 aromatic rings. The molecule has 0 radical (unpaired) electrons. The molecule has 0 unspecified atom stereocenters. The van der Waals surface area contributed by atoms with Gasteiger partial charge >= 0.3 is 0 Å². The summed E-state index contributed by atoms with van der Waals surface area (Å²) in [6.07, 6.45) is 0.774. The SMILES string of the molecule is COc1c(F)c(Br)cc(CCCO)c1F. The van der Waals surface area contributed by atoms with Gasteiger partial charge < -0.3 is 9.84 Å². The fraction of sp³-hybridized carbons (Fsp3) is 0.400. The van der Waals surface area contributed by atoms with Gasteiger partial charge in [0.25, 0.3) is 0 Å². The second kappa shape index (κ2) is 5.42. The lowest BCUT2D eigenvalue weighted by Crippen LogP contribution is -2.00. The van der Waals surface area contributed by atoms with Crippen LogP contribution in [0.1, 0.15) is 12.0 Å². The Balaban J connectivity index is 3.12. The standard InChI is InChI=1S/C10H11BrF2O2/c1-15-10-8(12)6(3-2-4-14)5-7(11)9(10)13/h5,14H,2-4H2,1H3. The molecule has 84 valence electrons. The van der Waals surface area contributed by atoms with Crippen molar-refractivity contribution in [3.8, 4) is 5.75 Å². The van der Waals surface area contributed by atoms with Crippen LogP contribution >= 0.6 is 15.9 Å². The van der Waals surface area contributed by atoms with Crippen molar-refractivity contribution in [3.63, 3.8) is 0 Å². The molecule has 2 nitrogen and oxygen atoms in total. The zero-order valence-corrected chi connectivity index (χ0v) is 9.77. The molecule has 0 aliphatic carbocycles. The summed E-state index contributed by atoms with van der Waals surface area (Å²) in [5, 5.41) is 8.63. The van der Waals surface area contributed by atoms with Crippen LogP contribution in [-0.2, 0) is 6.42 Å². The average molecular weight is 281 g/mol. The maximum atomic E-state index is 13.6. The molecule has 15 heavy (non-hydrogen) atoms. The van der Waals surface area contributed by atoms with Gasteiger partial charge in [-0.15, -0.1) is 0 Å². The van der Waals surface area contributed by atoms with E-state index in [0.717, 1.165) is 0 Å². The summed E-state index contributed by atoms with van der Waals surface area (Å²) in [6.45, 7) is -0.0310. The van der Waals surface area contributed by atoms with Crippen molar-refractivity contribution in [2.24, 2.45) is 0 Å². The number of aliphatic hydroxyl groups is 1. The highest BCUT2D eigenvalue weighted by Crippen LogP contribution is 2.31. The minimum atomic E-state index is -0.747. The highest BCUT2D eigenvalue weighted by atomic mass is 79.9. The predicted octanol–water partition coefficient (Wildman–Crippen LogP) is 2.66. The van der Waals surface area contributed by atoms with Gasteiger partial charge in [-0.25, -0.2) is 8.78 Å². The zero-order valence-electron chi connectivity index (χ0n) is 8.19. The Bertz CT molecular complexity index is 356. The third-order valence-electron chi connectivity index (χ3n) is 2.00. The summed E-state index contributed by atoms with van der Waals surface area (Å²) in [6, 6.07) is 1.36. The first kappa shape index (κ1) is 12.4. The average Bonchev–Trinajstić information content (AvgIpc) is 2.22. The van der Waals surface area contributed by atoms with E-state index in [-0.39, 0.29) is 11.1 Å². The molecule has 1 N–H and O–H groups in total. The lowest BCUT2D eigenvalue weighted by molar-refractivity contribution is 0.287. The molecule has 5 heteroatoms. The first-order valence-electron chi connectivity index (χ1n) is 4.43. The minimum absolute atomic E-state index is 0.0310. The molecule has 0 aromatic heterocycles. The van der Waals surface area contributed by atoms with E-state index in [4.69, 9.17) is 5.11 Å². The number of hydrogen-bond donors (Lipinski definition) is 1. The number of methoxy groups -OCH3 is 1. The number of hydrogen-bond acceptors (Lipinski definition) is 2. The highest BCUT2D eigenvalue weighted by molar-refractivity contribution is 9.10. The Kier molecular flexibility index (Phi) is 4.47. The van der Waals surface area contributed by atoms with Crippen molar-refractivity contribution >= 4 is 15.9 Å². The molecule has 0 saturated heterocycles. The molecule has 0 bridgehead atoms. The number of aryl methyl sites for hydroxylation is 1. The number of halogens is 3. The maximum absolute atomic E-state index is 13.6. The molecule has 0 saturated carbocycles. The largest absolute Gasteiger partial charge is 0.491 e. The predicted molar refractivity (Wildman–Crippen MR) is 56.0 cm³/mol.